The number of carboxylic acid groups (broad SMARTS) is 1. The van der Waals surface area contributed by atoms with Crippen molar-refractivity contribution in [2.24, 2.45) is 0 Å². The van der Waals surface area contributed by atoms with Crippen molar-refractivity contribution in [3.05, 3.63) is 65.7 Å². The molecule has 0 aromatic heterocycles. The monoisotopic (exact) mass is 287 g/mol. The first-order valence-corrected chi connectivity index (χ1v) is 6.59. The van der Waals surface area contributed by atoms with Gasteiger partial charge in [0, 0.05) is 6.54 Å². The Morgan fingerprint density at radius 3 is 2.29 bits per heavy atom. The number of aromatic hydroxyl groups is 1. The third kappa shape index (κ3) is 3.81. The van der Waals surface area contributed by atoms with Crippen LogP contribution in [0.4, 0.5) is 0 Å². The summed E-state index contributed by atoms with van der Waals surface area (Å²) in [5.74, 6) is -0.988. The van der Waals surface area contributed by atoms with Crippen LogP contribution in [0, 0.1) is 0 Å². The van der Waals surface area contributed by atoms with Crippen molar-refractivity contribution in [2.75, 3.05) is 6.54 Å². The summed E-state index contributed by atoms with van der Waals surface area (Å²) in [7, 11) is 0. The first-order chi connectivity index (χ1) is 10.1. The van der Waals surface area contributed by atoms with Crippen LogP contribution in [0.15, 0.2) is 54.6 Å². The average Bonchev–Trinajstić information content (AvgIpc) is 2.47. The van der Waals surface area contributed by atoms with Gasteiger partial charge in [0.25, 0.3) is 0 Å². The van der Waals surface area contributed by atoms with Crippen molar-refractivity contribution in [3.8, 4) is 5.75 Å². The largest absolute Gasteiger partial charge is 0.508 e. The van der Waals surface area contributed by atoms with E-state index in [4.69, 9.17) is 0 Å². The van der Waals surface area contributed by atoms with Gasteiger partial charge in [0.15, 0.2) is 6.04 Å². The third-order valence-corrected chi connectivity index (χ3v) is 3.25. The van der Waals surface area contributed by atoms with Crippen LogP contribution in [0.5, 0.6) is 5.75 Å². The standard InChI is InChI=1S/C16H17NO4/c18-14-9-5-4-6-12(14)10-11-17(21)15(16(19)20)13-7-2-1-3-8-13/h1-9,15,18,21H,10-11H2,(H,19,20). The average molecular weight is 287 g/mol. The molecule has 1 unspecified atom stereocenters. The molecule has 2 rings (SSSR count). The fourth-order valence-electron chi connectivity index (χ4n) is 2.16. The molecule has 0 saturated heterocycles. The number of carboxylic acids is 1. The first kappa shape index (κ1) is 15.0. The highest BCUT2D eigenvalue weighted by Gasteiger charge is 2.26. The van der Waals surface area contributed by atoms with Crippen LogP contribution in [-0.4, -0.2) is 33.0 Å². The van der Waals surface area contributed by atoms with E-state index in [0.717, 1.165) is 5.06 Å². The van der Waals surface area contributed by atoms with E-state index < -0.39 is 12.0 Å². The molecule has 0 fully saturated rings. The summed E-state index contributed by atoms with van der Waals surface area (Å²) < 4.78 is 0. The number of nitrogens with zero attached hydrogens (tertiary/aromatic N) is 1. The van der Waals surface area contributed by atoms with E-state index in [2.05, 4.69) is 0 Å². The molecule has 3 N–H and O–H groups in total. The predicted molar refractivity (Wildman–Crippen MR) is 77.1 cm³/mol. The van der Waals surface area contributed by atoms with Crippen LogP contribution in [0.1, 0.15) is 17.2 Å². The Bertz CT molecular complexity index is 600. The molecular formula is C16H17NO4. The van der Waals surface area contributed by atoms with Crippen molar-refractivity contribution in [2.45, 2.75) is 12.5 Å². The number of rotatable bonds is 6. The zero-order valence-electron chi connectivity index (χ0n) is 11.4. The van der Waals surface area contributed by atoms with E-state index in [1.165, 1.54) is 0 Å². The summed E-state index contributed by atoms with van der Waals surface area (Å²) in [5.41, 5.74) is 1.17. The summed E-state index contributed by atoms with van der Waals surface area (Å²) >= 11 is 0. The molecule has 5 nitrogen and oxygen atoms in total. The van der Waals surface area contributed by atoms with Gasteiger partial charge in [0.2, 0.25) is 0 Å². The number of benzene rings is 2. The maximum Gasteiger partial charge on any atom is 0.327 e. The lowest BCUT2D eigenvalue weighted by molar-refractivity contribution is -0.170. The molecule has 21 heavy (non-hydrogen) atoms. The van der Waals surface area contributed by atoms with Gasteiger partial charge in [0.1, 0.15) is 5.75 Å². The van der Waals surface area contributed by atoms with E-state index >= 15 is 0 Å². The van der Waals surface area contributed by atoms with Crippen molar-refractivity contribution in [3.63, 3.8) is 0 Å². The number of hydrogen-bond acceptors (Lipinski definition) is 4. The van der Waals surface area contributed by atoms with E-state index in [1.807, 2.05) is 0 Å². The lowest BCUT2D eigenvalue weighted by atomic mass is 10.1. The Kier molecular flexibility index (Phi) is 4.92. The Morgan fingerprint density at radius 2 is 1.67 bits per heavy atom. The second-order valence-corrected chi connectivity index (χ2v) is 4.69. The highest BCUT2D eigenvalue weighted by molar-refractivity contribution is 5.75. The Hall–Kier alpha value is -2.37. The van der Waals surface area contributed by atoms with E-state index in [9.17, 15) is 20.2 Å². The van der Waals surface area contributed by atoms with Crippen LogP contribution in [0.3, 0.4) is 0 Å². The minimum Gasteiger partial charge on any atom is -0.508 e. The van der Waals surface area contributed by atoms with E-state index in [1.54, 1.807) is 54.6 Å². The van der Waals surface area contributed by atoms with Crippen LogP contribution in [0.25, 0.3) is 0 Å². The van der Waals surface area contributed by atoms with Crippen molar-refractivity contribution in [1.29, 1.82) is 0 Å². The SMILES string of the molecule is O=C(O)C(c1ccccc1)N(O)CCc1ccccc1O. The molecule has 0 aliphatic heterocycles. The Morgan fingerprint density at radius 1 is 1.05 bits per heavy atom. The normalized spacial score (nSPS) is 12.3. The zero-order chi connectivity index (χ0) is 15.2. The van der Waals surface area contributed by atoms with Crippen LogP contribution >= 0.6 is 0 Å². The molecule has 0 aliphatic carbocycles. The molecule has 0 heterocycles. The lowest BCUT2D eigenvalue weighted by Crippen LogP contribution is -2.33. The van der Waals surface area contributed by atoms with Crippen LogP contribution in [0.2, 0.25) is 0 Å². The van der Waals surface area contributed by atoms with E-state index in [-0.39, 0.29) is 12.3 Å². The van der Waals surface area contributed by atoms with Crippen molar-refractivity contribution >= 4 is 5.97 Å². The van der Waals surface area contributed by atoms with Crippen molar-refractivity contribution < 1.29 is 20.2 Å². The van der Waals surface area contributed by atoms with Gasteiger partial charge in [-0.15, -0.1) is 0 Å². The van der Waals surface area contributed by atoms with Gasteiger partial charge in [-0.25, -0.2) is 0 Å². The summed E-state index contributed by atoms with van der Waals surface area (Å²) in [5, 5.41) is 29.8. The number of aliphatic carboxylic acids is 1. The molecule has 0 spiro atoms. The smallest absolute Gasteiger partial charge is 0.327 e. The molecule has 110 valence electrons. The highest BCUT2D eigenvalue weighted by atomic mass is 16.5. The maximum absolute atomic E-state index is 11.4. The summed E-state index contributed by atoms with van der Waals surface area (Å²) in [6.07, 6.45) is 0.347. The van der Waals surface area contributed by atoms with Crippen molar-refractivity contribution in [1.82, 2.24) is 5.06 Å². The molecule has 2 aromatic carbocycles. The molecular weight excluding hydrogens is 270 g/mol. The number of para-hydroxylation sites is 1. The molecule has 0 aliphatic rings. The van der Waals surface area contributed by atoms with Gasteiger partial charge in [0.05, 0.1) is 0 Å². The van der Waals surface area contributed by atoms with Gasteiger partial charge >= 0.3 is 5.97 Å². The lowest BCUT2D eigenvalue weighted by Gasteiger charge is -2.23. The molecule has 0 saturated carbocycles. The quantitative estimate of drug-likeness (QED) is 0.711. The van der Waals surface area contributed by atoms with Gasteiger partial charge in [-0.2, -0.15) is 5.06 Å². The minimum atomic E-state index is -1.13. The second kappa shape index (κ2) is 6.88. The van der Waals surface area contributed by atoms with E-state index in [0.29, 0.717) is 17.5 Å². The molecule has 0 amide bonds. The number of hydrogen-bond donors (Lipinski definition) is 3. The second-order valence-electron chi connectivity index (χ2n) is 4.69. The first-order valence-electron chi connectivity index (χ1n) is 6.59. The van der Waals surface area contributed by atoms with Gasteiger partial charge < -0.3 is 15.4 Å². The number of hydroxylamine groups is 2. The zero-order valence-corrected chi connectivity index (χ0v) is 11.4. The summed E-state index contributed by atoms with van der Waals surface area (Å²) in [6, 6.07) is 14.2. The number of phenolic OH excluding ortho intramolecular Hbond substituents is 1. The topological polar surface area (TPSA) is 81.0 Å². The Balaban J connectivity index is 2.08. The Labute approximate surface area is 122 Å². The molecule has 0 radical (unpaired) electrons. The maximum atomic E-state index is 11.4. The number of phenols is 1. The van der Waals surface area contributed by atoms with Gasteiger partial charge in [-0.3, -0.25) is 4.79 Å². The highest BCUT2D eigenvalue weighted by Crippen LogP contribution is 2.21. The number of carbonyl (C=O) groups is 1. The fraction of sp³-hybridized carbons (Fsp3) is 0.188. The summed E-state index contributed by atoms with van der Waals surface area (Å²) in [6.45, 7) is 0.101. The molecule has 5 heteroatoms. The minimum absolute atomic E-state index is 0.101. The molecule has 1 atom stereocenters. The third-order valence-electron chi connectivity index (χ3n) is 3.25. The summed E-state index contributed by atoms with van der Waals surface area (Å²) in [4.78, 5) is 11.4. The molecule has 0 bridgehead atoms. The molecule has 2 aromatic rings. The van der Waals surface area contributed by atoms with Crippen LogP contribution in [-0.2, 0) is 11.2 Å². The van der Waals surface area contributed by atoms with Gasteiger partial charge in [-0.1, -0.05) is 48.5 Å². The predicted octanol–water partition coefficient (Wildman–Crippen LogP) is 2.45. The van der Waals surface area contributed by atoms with Crippen LogP contribution < -0.4 is 0 Å². The van der Waals surface area contributed by atoms with Gasteiger partial charge in [-0.05, 0) is 23.6 Å². The fourth-order valence-corrected chi connectivity index (χ4v) is 2.16.